The molecule has 0 unspecified atom stereocenters. The Bertz CT molecular complexity index is 269. The van der Waals surface area contributed by atoms with Gasteiger partial charge in [-0.15, -0.1) is 0 Å². The van der Waals surface area contributed by atoms with Gasteiger partial charge in [0.2, 0.25) is 5.91 Å². The molecule has 1 aliphatic rings. The van der Waals surface area contributed by atoms with Gasteiger partial charge in [0.25, 0.3) is 0 Å². The van der Waals surface area contributed by atoms with Crippen molar-refractivity contribution in [2.75, 3.05) is 13.6 Å². The first kappa shape index (κ1) is 13.0. The predicted octanol–water partition coefficient (Wildman–Crippen LogP) is 1.89. The van der Waals surface area contributed by atoms with Crippen LogP contribution < -0.4 is 0 Å². The number of nitrogens with zero attached hydrogens (tertiary/aromatic N) is 1. The molecule has 4 nitrogen and oxygen atoms in total. The molecule has 1 amide bonds. The van der Waals surface area contributed by atoms with Gasteiger partial charge in [0.15, 0.2) is 0 Å². The van der Waals surface area contributed by atoms with Crippen molar-refractivity contribution >= 4 is 11.9 Å². The number of carbonyl (C=O) groups is 2. The van der Waals surface area contributed by atoms with Crippen LogP contribution in [0.2, 0.25) is 0 Å². The van der Waals surface area contributed by atoms with Crippen LogP contribution >= 0.6 is 0 Å². The van der Waals surface area contributed by atoms with Crippen molar-refractivity contribution in [2.45, 2.75) is 45.4 Å². The van der Waals surface area contributed by atoms with E-state index in [9.17, 15) is 14.7 Å². The molecule has 92 valence electrons. The average molecular weight is 227 g/mol. The molecular formula is C12H21NO3. The second-order valence-corrected chi connectivity index (χ2v) is 4.78. The molecule has 0 saturated heterocycles. The molecule has 1 N–H and O–H groups in total. The SMILES string of the molecule is CCCN(C)C(=O)CC1(C(=O)O)CCCC1. The molecule has 1 rings (SSSR count). The summed E-state index contributed by atoms with van der Waals surface area (Å²) in [5, 5.41) is 9.25. The highest BCUT2D eigenvalue weighted by Crippen LogP contribution is 2.41. The van der Waals surface area contributed by atoms with E-state index in [1.165, 1.54) is 0 Å². The zero-order valence-corrected chi connectivity index (χ0v) is 10.2. The monoisotopic (exact) mass is 227 g/mol. The van der Waals surface area contributed by atoms with E-state index in [2.05, 4.69) is 0 Å². The van der Waals surface area contributed by atoms with Crippen LogP contribution in [0.3, 0.4) is 0 Å². The minimum atomic E-state index is -0.803. The third-order valence-electron chi connectivity index (χ3n) is 3.49. The van der Waals surface area contributed by atoms with E-state index in [1.54, 1.807) is 11.9 Å². The fourth-order valence-corrected chi connectivity index (χ4v) is 2.40. The van der Waals surface area contributed by atoms with Gasteiger partial charge in [-0.05, 0) is 19.3 Å². The van der Waals surface area contributed by atoms with Gasteiger partial charge in [0.1, 0.15) is 0 Å². The maximum Gasteiger partial charge on any atom is 0.310 e. The Labute approximate surface area is 96.6 Å². The number of carboxylic acids is 1. The number of carboxylic acid groups (broad SMARTS) is 1. The van der Waals surface area contributed by atoms with Crippen molar-refractivity contribution in [1.29, 1.82) is 0 Å². The lowest BCUT2D eigenvalue weighted by atomic mass is 9.82. The van der Waals surface area contributed by atoms with Crippen LogP contribution in [-0.2, 0) is 9.59 Å². The van der Waals surface area contributed by atoms with E-state index in [4.69, 9.17) is 0 Å². The molecule has 0 aliphatic heterocycles. The minimum Gasteiger partial charge on any atom is -0.481 e. The summed E-state index contributed by atoms with van der Waals surface area (Å²) in [6.07, 6.45) is 4.22. The van der Waals surface area contributed by atoms with Crippen LogP contribution in [0.1, 0.15) is 45.4 Å². The quantitative estimate of drug-likeness (QED) is 0.780. The van der Waals surface area contributed by atoms with E-state index in [-0.39, 0.29) is 12.3 Å². The normalized spacial score (nSPS) is 18.4. The van der Waals surface area contributed by atoms with Crippen molar-refractivity contribution in [2.24, 2.45) is 5.41 Å². The Morgan fingerprint density at radius 2 is 1.88 bits per heavy atom. The first-order valence-corrected chi connectivity index (χ1v) is 5.99. The Morgan fingerprint density at radius 1 is 1.31 bits per heavy atom. The highest BCUT2D eigenvalue weighted by atomic mass is 16.4. The summed E-state index contributed by atoms with van der Waals surface area (Å²) in [4.78, 5) is 24.8. The number of hydrogen-bond acceptors (Lipinski definition) is 2. The lowest BCUT2D eigenvalue weighted by Crippen LogP contribution is -2.37. The molecule has 4 heteroatoms. The van der Waals surface area contributed by atoms with Crippen LogP contribution in [0.25, 0.3) is 0 Å². The topological polar surface area (TPSA) is 57.6 Å². The van der Waals surface area contributed by atoms with Gasteiger partial charge in [-0.2, -0.15) is 0 Å². The third-order valence-corrected chi connectivity index (χ3v) is 3.49. The van der Waals surface area contributed by atoms with E-state index in [0.717, 1.165) is 19.3 Å². The van der Waals surface area contributed by atoms with Crippen LogP contribution in [0.4, 0.5) is 0 Å². The van der Waals surface area contributed by atoms with Crippen LogP contribution in [0, 0.1) is 5.41 Å². The van der Waals surface area contributed by atoms with Gasteiger partial charge >= 0.3 is 5.97 Å². The molecule has 1 saturated carbocycles. The van der Waals surface area contributed by atoms with Crippen LogP contribution in [0.5, 0.6) is 0 Å². The summed E-state index contributed by atoms with van der Waals surface area (Å²) >= 11 is 0. The minimum absolute atomic E-state index is 0.0360. The molecule has 0 aromatic heterocycles. The number of rotatable bonds is 5. The molecular weight excluding hydrogens is 206 g/mol. The lowest BCUT2D eigenvalue weighted by molar-refractivity contribution is -0.153. The van der Waals surface area contributed by atoms with Gasteiger partial charge < -0.3 is 10.0 Å². The lowest BCUT2D eigenvalue weighted by Gasteiger charge is -2.26. The Morgan fingerprint density at radius 3 is 2.31 bits per heavy atom. The Balaban J connectivity index is 2.62. The van der Waals surface area contributed by atoms with Gasteiger partial charge in [-0.3, -0.25) is 9.59 Å². The Hall–Kier alpha value is -1.06. The van der Waals surface area contributed by atoms with E-state index in [0.29, 0.717) is 19.4 Å². The molecule has 0 atom stereocenters. The fourth-order valence-electron chi connectivity index (χ4n) is 2.40. The largest absolute Gasteiger partial charge is 0.481 e. The van der Waals surface area contributed by atoms with Crippen molar-refractivity contribution in [3.05, 3.63) is 0 Å². The van der Waals surface area contributed by atoms with Gasteiger partial charge in [0, 0.05) is 20.0 Å². The first-order chi connectivity index (χ1) is 7.52. The van der Waals surface area contributed by atoms with E-state index in [1.807, 2.05) is 6.92 Å². The average Bonchev–Trinajstić information content (AvgIpc) is 2.68. The van der Waals surface area contributed by atoms with Crippen molar-refractivity contribution in [1.82, 2.24) is 4.90 Å². The highest BCUT2D eigenvalue weighted by Gasteiger charge is 2.43. The molecule has 16 heavy (non-hydrogen) atoms. The van der Waals surface area contributed by atoms with Crippen LogP contribution in [-0.4, -0.2) is 35.5 Å². The first-order valence-electron chi connectivity index (χ1n) is 5.99. The summed E-state index contributed by atoms with van der Waals surface area (Å²) in [5.41, 5.74) is -0.779. The van der Waals surface area contributed by atoms with E-state index < -0.39 is 11.4 Å². The molecule has 0 radical (unpaired) electrons. The van der Waals surface area contributed by atoms with E-state index >= 15 is 0 Å². The Kier molecular flexibility index (Phi) is 4.33. The number of aliphatic carboxylic acids is 1. The molecule has 0 aromatic carbocycles. The summed E-state index contributed by atoms with van der Waals surface area (Å²) in [6, 6.07) is 0. The van der Waals surface area contributed by atoms with Gasteiger partial charge in [-0.1, -0.05) is 19.8 Å². The maximum absolute atomic E-state index is 11.9. The van der Waals surface area contributed by atoms with Crippen molar-refractivity contribution in [3.63, 3.8) is 0 Å². The zero-order chi connectivity index (χ0) is 12.2. The van der Waals surface area contributed by atoms with Crippen LogP contribution in [0.15, 0.2) is 0 Å². The summed E-state index contributed by atoms with van der Waals surface area (Å²) < 4.78 is 0. The number of carbonyl (C=O) groups excluding carboxylic acids is 1. The second-order valence-electron chi connectivity index (χ2n) is 4.78. The molecule has 0 spiro atoms. The summed E-state index contributed by atoms with van der Waals surface area (Å²) in [7, 11) is 1.75. The smallest absolute Gasteiger partial charge is 0.310 e. The summed E-state index contributed by atoms with van der Waals surface area (Å²) in [6.45, 7) is 2.71. The molecule has 1 fully saturated rings. The van der Waals surface area contributed by atoms with Crippen molar-refractivity contribution < 1.29 is 14.7 Å². The molecule has 0 bridgehead atoms. The maximum atomic E-state index is 11.9. The number of hydrogen-bond donors (Lipinski definition) is 1. The predicted molar refractivity (Wildman–Crippen MR) is 61.1 cm³/mol. The molecule has 0 aromatic rings. The third kappa shape index (κ3) is 2.74. The fraction of sp³-hybridized carbons (Fsp3) is 0.833. The molecule has 1 aliphatic carbocycles. The zero-order valence-electron chi connectivity index (χ0n) is 10.2. The molecule has 0 heterocycles. The summed E-state index contributed by atoms with van der Waals surface area (Å²) in [5.74, 6) is -0.839. The standard InChI is InChI=1S/C12H21NO3/c1-3-8-13(2)10(14)9-12(11(15)16)6-4-5-7-12/h3-9H2,1-2H3,(H,15,16). The van der Waals surface area contributed by atoms with Gasteiger partial charge in [-0.25, -0.2) is 0 Å². The van der Waals surface area contributed by atoms with Crippen molar-refractivity contribution in [3.8, 4) is 0 Å². The highest BCUT2D eigenvalue weighted by molar-refractivity contribution is 5.85. The number of amides is 1. The second kappa shape index (κ2) is 5.32. The van der Waals surface area contributed by atoms with Gasteiger partial charge in [0.05, 0.1) is 5.41 Å².